The molecule has 8 nitrogen and oxygen atoms in total. The summed E-state index contributed by atoms with van der Waals surface area (Å²) in [6.45, 7) is 0.515. The summed E-state index contributed by atoms with van der Waals surface area (Å²) in [6.07, 6.45) is 4.03. The van der Waals surface area contributed by atoms with Crippen molar-refractivity contribution in [2.24, 2.45) is 11.0 Å². The summed E-state index contributed by atoms with van der Waals surface area (Å²) in [5, 5.41) is 5.96. The summed E-state index contributed by atoms with van der Waals surface area (Å²) in [6, 6.07) is 11.3. The second-order valence-corrected chi connectivity index (χ2v) is 9.33. The standard InChI is InChI=1S/C28H34FN3O5/c1-35-15-14-31(28(34)19-8-4-5-9-19)18-27(33)32-24(20-12-13-25(36-2)26(16-20)37-3)17-23(30-32)21-10-6-7-11-22(21)29/h6-7,10-13,16,19,24H,4-5,8-9,14-15,17-18H2,1-3H3. The molecule has 0 radical (unpaired) electrons. The Balaban J connectivity index is 1.65. The summed E-state index contributed by atoms with van der Waals surface area (Å²) in [4.78, 5) is 28.5. The van der Waals surface area contributed by atoms with Crippen LogP contribution < -0.4 is 9.47 Å². The van der Waals surface area contributed by atoms with E-state index >= 15 is 0 Å². The van der Waals surface area contributed by atoms with Crippen molar-refractivity contribution in [3.05, 3.63) is 59.4 Å². The summed E-state index contributed by atoms with van der Waals surface area (Å²) < 4.78 is 30.7. The first kappa shape index (κ1) is 26.6. The van der Waals surface area contributed by atoms with Gasteiger partial charge in [0.15, 0.2) is 11.5 Å². The second-order valence-electron chi connectivity index (χ2n) is 9.33. The molecule has 2 aromatic carbocycles. The number of carbonyl (C=O) groups excluding carboxylic acids is 2. The van der Waals surface area contributed by atoms with Crippen molar-refractivity contribution in [1.82, 2.24) is 9.91 Å². The molecule has 1 saturated carbocycles. The Hall–Kier alpha value is -3.46. The van der Waals surface area contributed by atoms with Gasteiger partial charge in [0.05, 0.1) is 32.6 Å². The van der Waals surface area contributed by atoms with Gasteiger partial charge in [0.1, 0.15) is 12.4 Å². The van der Waals surface area contributed by atoms with Crippen molar-refractivity contribution in [3.63, 3.8) is 0 Å². The summed E-state index contributed by atoms with van der Waals surface area (Å²) in [5.74, 6) is 0.244. The molecule has 1 unspecified atom stereocenters. The van der Waals surface area contributed by atoms with Gasteiger partial charge in [0, 0.05) is 31.6 Å². The van der Waals surface area contributed by atoms with Crippen molar-refractivity contribution < 1.29 is 28.2 Å². The Labute approximate surface area is 217 Å². The molecule has 1 fully saturated rings. The van der Waals surface area contributed by atoms with Crippen LogP contribution in [0.2, 0.25) is 0 Å². The third kappa shape index (κ3) is 5.93. The normalized spacial score (nSPS) is 17.6. The molecule has 0 spiro atoms. The largest absolute Gasteiger partial charge is 0.493 e. The molecule has 1 aliphatic heterocycles. The molecule has 1 aliphatic carbocycles. The van der Waals surface area contributed by atoms with Crippen molar-refractivity contribution in [2.75, 3.05) is 41.0 Å². The zero-order valence-electron chi connectivity index (χ0n) is 21.6. The number of methoxy groups -OCH3 is 3. The fourth-order valence-electron chi connectivity index (χ4n) is 5.05. The van der Waals surface area contributed by atoms with E-state index in [-0.39, 0.29) is 24.3 Å². The first-order valence-corrected chi connectivity index (χ1v) is 12.6. The van der Waals surface area contributed by atoms with Gasteiger partial charge in [-0.2, -0.15) is 5.10 Å². The van der Waals surface area contributed by atoms with Gasteiger partial charge in [-0.3, -0.25) is 9.59 Å². The SMILES string of the molecule is COCCN(CC(=O)N1N=C(c2ccccc2F)CC1c1ccc(OC)c(OC)c1)C(=O)C1CCCC1. The smallest absolute Gasteiger partial charge is 0.262 e. The van der Waals surface area contributed by atoms with Gasteiger partial charge < -0.3 is 19.1 Å². The summed E-state index contributed by atoms with van der Waals surface area (Å²) >= 11 is 0. The molecule has 2 amide bonds. The molecule has 0 bridgehead atoms. The van der Waals surface area contributed by atoms with Gasteiger partial charge in [-0.25, -0.2) is 9.40 Å². The van der Waals surface area contributed by atoms with Gasteiger partial charge in [-0.05, 0) is 36.6 Å². The van der Waals surface area contributed by atoms with Crippen LogP contribution in [0.4, 0.5) is 4.39 Å². The number of ether oxygens (including phenoxy) is 3. The number of hydrazone groups is 1. The predicted molar refractivity (Wildman–Crippen MR) is 137 cm³/mol. The van der Waals surface area contributed by atoms with Crippen LogP contribution in [0.3, 0.4) is 0 Å². The van der Waals surface area contributed by atoms with Gasteiger partial charge in [0.25, 0.3) is 5.91 Å². The number of hydrogen-bond acceptors (Lipinski definition) is 6. The minimum Gasteiger partial charge on any atom is -0.493 e. The molecular formula is C28H34FN3O5. The molecule has 2 aromatic rings. The highest BCUT2D eigenvalue weighted by molar-refractivity contribution is 6.03. The van der Waals surface area contributed by atoms with Crippen LogP contribution in [-0.4, -0.2) is 68.5 Å². The van der Waals surface area contributed by atoms with Gasteiger partial charge in [-0.15, -0.1) is 0 Å². The molecule has 0 aromatic heterocycles. The Kier molecular flexibility index (Phi) is 8.76. The number of benzene rings is 2. The summed E-state index contributed by atoms with van der Waals surface area (Å²) in [5.41, 5.74) is 1.59. The molecule has 37 heavy (non-hydrogen) atoms. The molecule has 1 heterocycles. The highest BCUT2D eigenvalue weighted by atomic mass is 19.1. The topological polar surface area (TPSA) is 80.7 Å². The van der Waals surface area contributed by atoms with E-state index in [0.717, 1.165) is 31.2 Å². The van der Waals surface area contributed by atoms with E-state index in [2.05, 4.69) is 5.10 Å². The Bertz CT molecular complexity index is 1150. The Morgan fingerprint density at radius 3 is 2.46 bits per heavy atom. The Morgan fingerprint density at radius 1 is 1.05 bits per heavy atom. The minimum atomic E-state index is -0.493. The maximum atomic E-state index is 14.7. The van der Waals surface area contributed by atoms with Crippen LogP contribution in [0, 0.1) is 11.7 Å². The first-order chi connectivity index (χ1) is 18.0. The van der Waals surface area contributed by atoms with Crippen LogP contribution in [-0.2, 0) is 14.3 Å². The van der Waals surface area contributed by atoms with Crippen LogP contribution in [0.25, 0.3) is 0 Å². The quantitative estimate of drug-likeness (QED) is 0.478. The fourth-order valence-corrected chi connectivity index (χ4v) is 5.05. The highest BCUT2D eigenvalue weighted by Crippen LogP contribution is 2.38. The van der Waals surface area contributed by atoms with E-state index in [0.29, 0.717) is 42.3 Å². The number of hydrogen-bond donors (Lipinski definition) is 0. The maximum Gasteiger partial charge on any atom is 0.262 e. The third-order valence-electron chi connectivity index (χ3n) is 7.05. The third-order valence-corrected chi connectivity index (χ3v) is 7.05. The van der Waals surface area contributed by atoms with E-state index in [1.165, 1.54) is 11.1 Å². The minimum absolute atomic E-state index is 0.0249. The Morgan fingerprint density at radius 2 is 1.78 bits per heavy atom. The average molecular weight is 512 g/mol. The van der Waals surface area contributed by atoms with E-state index in [9.17, 15) is 14.0 Å². The van der Waals surface area contributed by atoms with Crippen LogP contribution in [0.15, 0.2) is 47.6 Å². The van der Waals surface area contributed by atoms with Gasteiger partial charge in [0.2, 0.25) is 5.91 Å². The second kappa shape index (κ2) is 12.2. The molecule has 9 heteroatoms. The maximum absolute atomic E-state index is 14.7. The number of carbonyl (C=O) groups is 2. The van der Waals surface area contributed by atoms with Crippen molar-refractivity contribution in [2.45, 2.75) is 38.1 Å². The fraction of sp³-hybridized carbons (Fsp3) is 0.464. The average Bonchev–Trinajstić information content (AvgIpc) is 3.61. The van der Waals surface area contributed by atoms with Crippen molar-refractivity contribution >= 4 is 17.5 Å². The predicted octanol–water partition coefficient (Wildman–Crippen LogP) is 4.19. The number of halogens is 1. The highest BCUT2D eigenvalue weighted by Gasteiger charge is 2.36. The zero-order chi connectivity index (χ0) is 26.4. The van der Waals surface area contributed by atoms with Crippen molar-refractivity contribution in [3.8, 4) is 11.5 Å². The molecule has 2 aliphatic rings. The van der Waals surface area contributed by atoms with Crippen LogP contribution >= 0.6 is 0 Å². The molecule has 198 valence electrons. The number of nitrogens with zero attached hydrogens (tertiary/aromatic N) is 3. The number of amides is 2. The van der Waals surface area contributed by atoms with Gasteiger partial charge >= 0.3 is 0 Å². The molecule has 0 N–H and O–H groups in total. The van der Waals surface area contributed by atoms with E-state index < -0.39 is 11.9 Å². The number of rotatable bonds is 10. The molecular weight excluding hydrogens is 477 g/mol. The monoisotopic (exact) mass is 511 g/mol. The van der Waals surface area contributed by atoms with E-state index in [1.807, 2.05) is 6.07 Å². The summed E-state index contributed by atoms with van der Waals surface area (Å²) in [7, 11) is 4.67. The molecule has 0 saturated heterocycles. The first-order valence-electron chi connectivity index (χ1n) is 12.6. The molecule has 1 atom stereocenters. The zero-order valence-corrected chi connectivity index (χ0v) is 21.6. The molecule has 4 rings (SSSR count). The lowest BCUT2D eigenvalue weighted by Gasteiger charge is -2.28. The van der Waals surface area contributed by atoms with Crippen molar-refractivity contribution in [1.29, 1.82) is 0 Å². The van der Waals surface area contributed by atoms with Gasteiger partial charge in [-0.1, -0.05) is 37.1 Å². The lowest BCUT2D eigenvalue weighted by molar-refractivity contribution is -0.144. The lowest BCUT2D eigenvalue weighted by atomic mass is 9.97. The van der Waals surface area contributed by atoms with Crippen LogP contribution in [0.1, 0.15) is 49.3 Å². The van der Waals surface area contributed by atoms with E-state index in [1.54, 1.807) is 56.6 Å². The van der Waals surface area contributed by atoms with Crippen LogP contribution in [0.5, 0.6) is 11.5 Å². The van der Waals surface area contributed by atoms with E-state index in [4.69, 9.17) is 14.2 Å². The lowest BCUT2D eigenvalue weighted by Crippen LogP contribution is -2.44.